The van der Waals surface area contributed by atoms with Crippen molar-refractivity contribution in [2.75, 3.05) is 0 Å². The highest BCUT2D eigenvalue weighted by molar-refractivity contribution is 5.64. The number of rotatable bonds is 2. The summed E-state index contributed by atoms with van der Waals surface area (Å²) in [4.78, 5) is 4.08. The Morgan fingerprint density at radius 2 is 1.94 bits per heavy atom. The maximum absolute atomic E-state index is 4.77. The van der Waals surface area contributed by atoms with E-state index in [1.807, 2.05) is 12.4 Å². The summed E-state index contributed by atoms with van der Waals surface area (Å²) in [7, 11) is 0. The number of aryl methyl sites for hydroxylation is 1. The summed E-state index contributed by atoms with van der Waals surface area (Å²) in [5.74, 6) is 0. The van der Waals surface area contributed by atoms with Crippen LogP contribution in [0.25, 0.3) is 11.3 Å². The van der Waals surface area contributed by atoms with E-state index in [2.05, 4.69) is 28.7 Å². The van der Waals surface area contributed by atoms with Gasteiger partial charge < -0.3 is 0 Å². The van der Waals surface area contributed by atoms with Gasteiger partial charge in [-0.15, -0.1) is 0 Å². The van der Waals surface area contributed by atoms with Gasteiger partial charge >= 0.3 is 0 Å². The van der Waals surface area contributed by atoms with Crippen LogP contribution in [-0.2, 0) is 19.4 Å². The molecule has 0 fully saturated rings. The van der Waals surface area contributed by atoms with Crippen molar-refractivity contribution in [1.82, 2.24) is 14.8 Å². The van der Waals surface area contributed by atoms with E-state index in [9.17, 15) is 0 Å². The molecule has 3 nitrogen and oxygen atoms in total. The predicted octanol–water partition coefficient (Wildman–Crippen LogP) is 2.84. The van der Waals surface area contributed by atoms with Gasteiger partial charge in [0.25, 0.3) is 0 Å². The van der Waals surface area contributed by atoms with Gasteiger partial charge in [0.15, 0.2) is 0 Å². The van der Waals surface area contributed by atoms with Crippen molar-refractivity contribution < 1.29 is 0 Å². The zero-order valence-corrected chi connectivity index (χ0v) is 10.2. The highest BCUT2D eigenvalue weighted by Gasteiger charge is 2.20. The highest BCUT2D eigenvalue weighted by Crippen LogP contribution is 2.30. The molecule has 0 bridgehead atoms. The molecule has 0 saturated heterocycles. The summed E-state index contributed by atoms with van der Waals surface area (Å²) < 4.78 is 2.17. The van der Waals surface area contributed by atoms with Crippen molar-refractivity contribution >= 4 is 0 Å². The third kappa shape index (κ3) is 1.75. The molecule has 2 aromatic heterocycles. The molecule has 0 unspecified atom stereocenters. The maximum Gasteiger partial charge on any atom is 0.0959 e. The summed E-state index contributed by atoms with van der Waals surface area (Å²) >= 11 is 0. The predicted molar refractivity (Wildman–Crippen MR) is 67.8 cm³/mol. The molecule has 0 spiro atoms. The Hall–Kier alpha value is -1.64. The number of hydrogen-bond acceptors (Lipinski definition) is 2. The molecule has 0 N–H and O–H groups in total. The van der Waals surface area contributed by atoms with Crippen LogP contribution < -0.4 is 0 Å². The average molecular weight is 227 g/mol. The van der Waals surface area contributed by atoms with Crippen LogP contribution in [0.4, 0.5) is 0 Å². The Kier molecular flexibility index (Phi) is 2.67. The van der Waals surface area contributed by atoms with Gasteiger partial charge in [-0.05, 0) is 44.7 Å². The number of hydrogen-bond donors (Lipinski definition) is 0. The number of nitrogens with zero attached hydrogens (tertiary/aromatic N) is 3. The Morgan fingerprint density at radius 1 is 1.18 bits per heavy atom. The van der Waals surface area contributed by atoms with Crippen LogP contribution in [-0.4, -0.2) is 14.8 Å². The molecule has 3 heteroatoms. The first kappa shape index (κ1) is 10.5. The van der Waals surface area contributed by atoms with E-state index in [0.29, 0.717) is 0 Å². The molecule has 88 valence electrons. The monoisotopic (exact) mass is 227 g/mol. The Balaban J connectivity index is 2.14. The first-order valence-corrected chi connectivity index (χ1v) is 6.39. The van der Waals surface area contributed by atoms with Crippen LogP contribution in [0, 0.1) is 0 Å². The summed E-state index contributed by atoms with van der Waals surface area (Å²) in [6.45, 7) is 3.13. The van der Waals surface area contributed by atoms with E-state index in [1.165, 1.54) is 48.2 Å². The fourth-order valence-electron chi connectivity index (χ4n) is 2.67. The molecule has 1 aliphatic rings. The van der Waals surface area contributed by atoms with Crippen molar-refractivity contribution in [2.45, 2.75) is 39.2 Å². The second-order valence-electron chi connectivity index (χ2n) is 4.53. The Labute approximate surface area is 101 Å². The molecule has 2 aromatic rings. The van der Waals surface area contributed by atoms with Crippen molar-refractivity contribution in [1.29, 1.82) is 0 Å². The lowest BCUT2D eigenvalue weighted by Crippen LogP contribution is -2.07. The zero-order chi connectivity index (χ0) is 11.7. The lowest BCUT2D eigenvalue weighted by Gasteiger charge is -2.13. The van der Waals surface area contributed by atoms with E-state index >= 15 is 0 Å². The number of aromatic nitrogens is 3. The molecule has 0 radical (unpaired) electrons. The maximum atomic E-state index is 4.77. The Morgan fingerprint density at radius 3 is 2.71 bits per heavy atom. The zero-order valence-electron chi connectivity index (χ0n) is 10.2. The summed E-state index contributed by atoms with van der Waals surface area (Å²) in [5, 5.41) is 4.77. The molecule has 0 saturated carbocycles. The molecule has 0 aromatic carbocycles. The van der Waals surface area contributed by atoms with Crippen molar-refractivity contribution in [3.05, 3.63) is 35.8 Å². The van der Waals surface area contributed by atoms with Crippen molar-refractivity contribution in [2.24, 2.45) is 0 Å². The Bertz CT molecular complexity index is 514. The fourth-order valence-corrected chi connectivity index (χ4v) is 2.67. The third-order valence-corrected chi connectivity index (χ3v) is 3.51. The smallest absolute Gasteiger partial charge is 0.0959 e. The summed E-state index contributed by atoms with van der Waals surface area (Å²) in [5.41, 5.74) is 5.28. The number of pyridine rings is 1. The molecule has 2 heterocycles. The van der Waals surface area contributed by atoms with Crippen LogP contribution in [0.5, 0.6) is 0 Å². The molecule has 3 rings (SSSR count). The van der Waals surface area contributed by atoms with Gasteiger partial charge in [-0.25, -0.2) is 0 Å². The molecule has 0 amide bonds. The topological polar surface area (TPSA) is 30.7 Å². The van der Waals surface area contributed by atoms with Gasteiger partial charge in [-0.2, -0.15) is 5.10 Å². The third-order valence-electron chi connectivity index (χ3n) is 3.51. The van der Waals surface area contributed by atoms with Gasteiger partial charge in [0, 0.05) is 35.8 Å². The van der Waals surface area contributed by atoms with E-state index in [0.717, 1.165) is 6.54 Å². The summed E-state index contributed by atoms with van der Waals surface area (Å²) in [6, 6.07) is 4.11. The lowest BCUT2D eigenvalue weighted by atomic mass is 9.94. The summed E-state index contributed by atoms with van der Waals surface area (Å²) in [6.07, 6.45) is 8.63. The quantitative estimate of drug-likeness (QED) is 0.789. The fraction of sp³-hybridized carbons (Fsp3) is 0.429. The molecular weight excluding hydrogens is 210 g/mol. The van der Waals surface area contributed by atoms with Crippen LogP contribution in [0.2, 0.25) is 0 Å². The average Bonchev–Trinajstić information content (AvgIpc) is 2.78. The molecular formula is C14H17N3. The van der Waals surface area contributed by atoms with E-state index < -0.39 is 0 Å². The van der Waals surface area contributed by atoms with Crippen LogP contribution >= 0.6 is 0 Å². The van der Waals surface area contributed by atoms with Crippen molar-refractivity contribution in [3.63, 3.8) is 0 Å². The van der Waals surface area contributed by atoms with E-state index in [4.69, 9.17) is 5.10 Å². The van der Waals surface area contributed by atoms with E-state index in [-0.39, 0.29) is 0 Å². The molecule has 0 aliphatic heterocycles. The SMILES string of the molecule is CCn1nc(-c2ccncc2)c2c1CCCC2. The highest BCUT2D eigenvalue weighted by atomic mass is 15.3. The van der Waals surface area contributed by atoms with Crippen LogP contribution in [0.3, 0.4) is 0 Å². The minimum Gasteiger partial charge on any atom is -0.269 e. The lowest BCUT2D eigenvalue weighted by molar-refractivity contribution is 0.582. The standard InChI is InChI=1S/C14H17N3/c1-2-17-13-6-4-3-5-12(13)14(16-17)11-7-9-15-10-8-11/h7-10H,2-6H2,1H3. The molecule has 0 atom stereocenters. The number of fused-ring (bicyclic) bond motifs is 1. The van der Waals surface area contributed by atoms with Gasteiger partial charge in [-0.3, -0.25) is 9.67 Å². The van der Waals surface area contributed by atoms with Gasteiger partial charge in [0.05, 0.1) is 5.69 Å². The first-order valence-electron chi connectivity index (χ1n) is 6.39. The minimum absolute atomic E-state index is 0.966. The van der Waals surface area contributed by atoms with Gasteiger partial charge in [-0.1, -0.05) is 0 Å². The molecule has 1 aliphatic carbocycles. The largest absolute Gasteiger partial charge is 0.269 e. The second kappa shape index (κ2) is 4.32. The van der Waals surface area contributed by atoms with E-state index in [1.54, 1.807) is 0 Å². The first-order chi connectivity index (χ1) is 8.40. The van der Waals surface area contributed by atoms with Gasteiger partial charge in [0.2, 0.25) is 0 Å². The molecule has 17 heavy (non-hydrogen) atoms. The van der Waals surface area contributed by atoms with Gasteiger partial charge in [0.1, 0.15) is 0 Å². The van der Waals surface area contributed by atoms with Crippen LogP contribution in [0.15, 0.2) is 24.5 Å². The second-order valence-corrected chi connectivity index (χ2v) is 4.53. The minimum atomic E-state index is 0.966. The van der Waals surface area contributed by atoms with Crippen LogP contribution in [0.1, 0.15) is 31.0 Å². The normalized spacial score (nSPS) is 14.6. The van der Waals surface area contributed by atoms with Crippen molar-refractivity contribution in [3.8, 4) is 11.3 Å².